The fraction of sp³-hybridized carbons (Fsp3) is 0.421. The van der Waals surface area contributed by atoms with Gasteiger partial charge >= 0.3 is 0 Å². The van der Waals surface area contributed by atoms with E-state index in [-0.39, 0.29) is 29.4 Å². The molecule has 2 atom stereocenters. The monoisotopic (exact) mass is 438 g/mol. The lowest BCUT2D eigenvalue weighted by Crippen LogP contribution is -2.52. The summed E-state index contributed by atoms with van der Waals surface area (Å²) < 4.78 is 23.9. The fourth-order valence-electron chi connectivity index (χ4n) is 3.48. The van der Waals surface area contributed by atoms with Crippen molar-refractivity contribution < 1.29 is 18.0 Å². The first-order valence-corrected chi connectivity index (χ1v) is 12.1. The van der Waals surface area contributed by atoms with Gasteiger partial charge in [-0.1, -0.05) is 54.3 Å². The van der Waals surface area contributed by atoms with Gasteiger partial charge in [0.15, 0.2) is 9.84 Å². The van der Waals surface area contributed by atoms with Crippen LogP contribution >= 0.6 is 24.0 Å². The lowest BCUT2D eigenvalue weighted by molar-refractivity contribution is -0.140. The molecule has 0 saturated carbocycles. The molecule has 2 fully saturated rings. The van der Waals surface area contributed by atoms with Crippen molar-refractivity contribution in [2.45, 2.75) is 32.4 Å². The third-order valence-electron chi connectivity index (χ3n) is 4.94. The number of nitrogens with zero attached hydrogens (tertiary/aromatic N) is 2. The molecule has 2 heterocycles. The van der Waals surface area contributed by atoms with Crippen LogP contribution in [-0.4, -0.2) is 64.5 Å². The van der Waals surface area contributed by atoms with Crippen LogP contribution in [0.5, 0.6) is 0 Å². The summed E-state index contributed by atoms with van der Waals surface area (Å²) in [6.45, 7) is 3.85. The van der Waals surface area contributed by atoms with Crippen LogP contribution in [0.2, 0.25) is 0 Å². The molecule has 0 aromatic heterocycles. The van der Waals surface area contributed by atoms with E-state index < -0.39 is 15.9 Å². The summed E-state index contributed by atoms with van der Waals surface area (Å²) in [5.74, 6) is -0.501. The van der Waals surface area contributed by atoms with Gasteiger partial charge in [-0.15, -0.1) is 0 Å². The van der Waals surface area contributed by atoms with Crippen LogP contribution in [0.15, 0.2) is 35.2 Å². The first kappa shape index (κ1) is 21.0. The second kappa shape index (κ2) is 8.34. The highest BCUT2D eigenvalue weighted by Gasteiger charge is 2.42. The summed E-state index contributed by atoms with van der Waals surface area (Å²) in [6, 6.07) is 8.31. The van der Waals surface area contributed by atoms with Crippen molar-refractivity contribution in [3.05, 3.63) is 40.8 Å². The van der Waals surface area contributed by atoms with Gasteiger partial charge in [0.05, 0.1) is 16.4 Å². The Labute approximate surface area is 174 Å². The molecule has 9 heteroatoms. The third-order valence-corrected chi connectivity index (χ3v) is 8.02. The Morgan fingerprint density at radius 1 is 1.39 bits per heavy atom. The second-order valence-corrected chi connectivity index (χ2v) is 10.7. The van der Waals surface area contributed by atoms with E-state index in [0.29, 0.717) is 22.2 Å². The average Bonchev–Trinajstić information content (AvgIpc) is 3.14. The standard InChI is InChI=1S/C19H22N2O4S3/c1-3-20(15-9-10-28(24,25)12-15)17(22)13(2)21-18(23)16(27-19(21)26)11-14-7-5-4-6-8-14/h4-8,11,13,15H,3,9-10,12H2,1-2H3/b16-11+/t13-,15-/m1/s1. The van der Waals surface area contributed by atoms with Crippen molar-refractivity contribution in [1.29, 1.82) is 0 Å². The average molecular weight is 439 g/mol. The quantitative estimate of drug-likeness (QED) is 0.519. The largest absolute Gasteiger partial charge is 0.337 e. The van der Waals surface area contributed by atoms with Crippen molar-refractivity contribution in [2.75, 3.05) is 18.1 Å². The Bertz CT molecular complexity index is 928. The van der Waals surface area contributed by atoms with E-state index in [2.05, 4.69) is 0 Å². The maximum absolute atomic E-state index is 13.1. The zero-order valence-electron chi connectivity index (χ0n) is 15.7. The summed E-state index contributed by atoms with van der Waals surface area (Å²) in [5.41, 5.74) is 0.883. The van der Waals surface area contributed by atoms with Gasteiger partial charge in [-0.25, -0.2) is 8.42 Å². The molecule has 0 unspecified atom stereocenters. The maximum Gasteiger partial charge on any atom is 0.266 e. The van der Waals surface area contributed by atoms with Gasteiger partial charge < -0.3 is 4.90 Å². The Balaban J connectivity index is 1.78. The van der Waals surface area contributed by atoms with E-state index >= 15 is 0 Å². The normalized spacial score (nSPS) is 24.0. The topological polar surface area (TPSA) is 74.8 Å². The van der Waals surface area contributed by atoms with Crippen LogP contribution in [0.25, 0.3) is 6.08 Å². The zero-order valence-corrected chi connectivity index (χ0v) is 18.1. The smallest absolute Gasteiger partial charge is 0.266 e. The van der Waals surface area contributed by atoms with Gasteiger partial charge in [-0.05, 0) is 31.9 Å². The first-order chi connectivity index (χ1) is 13.2. The number of sulfone groups is 1. The van der Waals surface area contributed by atoms with Crippen LogP contribution < -0.4 is 0 Å². The number of likely N-dealkylation sites (N-methyl/N-ethyl adjacent to an activating group) is 1. The van der Waals surface area contributed by atoms with Crippen molar-refractivity contribution >= 4 is 56.0 Å². The Morgan fingerprint density at radius 3 is 2.64 bits per heavy atom. The number of benzene rings is 1. The van der Waals surface area contributed by atoms with Gasteiger partial charge in [-0.2, -0.15) is 0 Å². The highest BCUT2D eigenvalue weighted by atomic mass is 32.2. The molecule has 3 rings (SSSR count). The summed E-state index contributed by atoms with van der Waals surface area (Å²) in [7, 11) is -3.11. The molecule has 2 aliphatic heterocycles. The summed E-state index contributed by atoms with van der Waals surface area (Å²) in [4.78, 5) is 29.3. The molecule has 0 N–H and O–H groups in total. The SMILES string of the molecule is CCN(C(=O)[C@@H](C)N1C(=O)/C(=C\c2ccccc2)SC1=S)[C@@H]1CCS(=O)(=O)C1. The molecule has 28 heavy (non-hydrogen) atoms. The molecule has 0 radical (unpaired) electrons. The lowest BCUT2D eigenvalue weighted by Gasteiger charge is -2.32. The van der Waals surface area contributed by atoms with E-state index in [1.807, 2.05) is 37.3 Å². The predicted octanol–water partition coefficient (Wildman–Crippen LogP) is 2.31. The predicted molar refractivity (Wildman–Crippen MR) is 115 cm³/mol. The van der Waals surface area contributed by atoms with Gasteiger partial charge in [0.25, 0.3) is 5.91 Å². The minimum absolute atomic E-state index is 0.0222. The van der Waals surface area contributed by atoms with Crippen LogP contribution in [0, 0.1) is 0 Å². The Hall–Kier alpha value is -1.71. The van der Waals surface area contributed by atoms with Crippen LogP contribution in [-0.2, 0) is 19.4 Å². The van der Waals surface area contributed by atoms with Crippen molar-refractivity contribution in [1.82, 2.24) is 9.80 Å². The molecule has 2 saturated heterocycles. The number of carbonyl (C=O) groups excluding carboxylic acids is 2. The van der Waals surface area contributed by atoms with Gasteiger partial charge in [-0.3, -0.25) is 14.5 Å². The first-order valence-electron chi connectivity index (χ1n) is 9.06. The number of rotatable bonds is 5. The summed E-state index contributed by atoms with van der Waals surface area (Å²) >= 11 is 6.54. The molecule has 150 valence electrons. The highest BCUT2D eigenvalue weighted by Crippen LogP contribution is 2.34. The van der Waals surface area contributed by atoms with E-state index in [1.54, 1.807) is 17.9 Å². The molecule has 6 nitrogen and oxygen atoms in total. The van der Waals surface area contributed by atoms with Gasteiger partial charge in [0.2, 0.25) is 5.91 Å². The highest BCUT2D eigenvalue weighted by molar-refractivity contribution is 8.26. The summed E-state index contributed by atoms with van der Waals surface area (Å²) in [6.07, 6.45) is 2.19. The maximum atomic E-state index is 13.1. The number of amides is 2. The van der Waals surface area contributed by atoms with E-state index in [0.717, 1.165) is 5.56 Å². The van der Waals surface area contributed by atoms with Crippen molar-refractivity contribution in [2.24, 2.45) is 0 Å². The Morgan fingerprint density at radius 2 is 2.07 bits per heavy atom. The van der Waals surface area contributed by atoms with Crippen LogP contribution in [0.3, 0.4) is 0 Å². The Kier molecular flexibility index (Phi) is 6.26. The molecule has 1 aromatic rings. The molecule has 1 aromatic carbocycles. The molecule has 2 aliphatic rings. The van der Waals surface area contributed by atoms with E-state index in [1.165, 1.54) is 16.7 Å². The summed E-state index contributed by atoms with van der Waals surface area (Å²) in [5, 5.41) is 0. The van der Waals surface area contributed by atoms with Crippen molar-refractivity contribution in [3.8, 4) is 0 Å². The third kappa shape index (κ3) is 4.31. The number of thiocarbonyl (C=S) groups is 1. The van der Waals surface area contributed by atoms with E-state index in [9.17, 15) is 18.0 Å². The van der Waals surface area contributed by atoms with Gasteiger partial charge in [0.1, 0.15) is 10.4 Å². The lowest BCUT2D eigenvalue weighted by atomic mass is 10.1. The molecule has 0 bridgehead atoms. The zero-order chi connectivity index (χ0) is 20.5. The van der Waals surface area contributed by atoms with Crippen molar-refractivity contribution in [3.63, 3.8) is 0 Å². The molecular weight excluding hydrogens is 416 g/mol. The second-order valence-electron chi connectivity index (χ2n) is 6.82. The fourth-order valence-corrected chi connectivity index (χ4v) is 6.63. The minimum Gasteiger partial charge on any atom is -0.337 e. The molecule has 0 aliphatic carbocycles. The molecule has 2 amide bonds. The number of carbonyl (C=O) groups is 2. The van der Waals surface area contributed by atoms with Crippen LogP contribution in [0.1, 0.15) is 25.8 Å². The van der Waals surface area contributed by atoms with Gasteiger partial charge in [0, 0.05) is 12.6 Å². The molecular formula is C19H22N2O4S3. The number of thioether (sulfide) groups is 1. The van der Waals surface area contributed by atoms with E-state index in [4.69, 9.17) is 12.2 Å². The van der Waals surface area contributed by atoms with Crippen LogP contribution in [0.4, 0.5) is 0 Å². The minimum atomic E-state index is -3.11. The number of hydrogen-bond donors (Lipinski definition) is 0. The molecule has 0 spiro atoms. The number of hydrogen-bond acceptors (Lipinski definition) is 6.